The molecule has 1 heterocycles. The molecule has 0 atom stereocenters. The van der Waals surface area contributed by atoms with E-state index in [2.05, 4.69) is 15.7 Å². The molecule has 2 aromatic carbocycles. The van der Waals surface area contributed by atoms with Crippen molar-refractivity contribution in [1.29, 1.82) is 0 Å². The van der Waals surface area contributed by atoms with Gasteiger partial charge in [0.05, 0.1) is 5.69 Å². The molecule has 1 saturated carbocycles. The van der Waals surface area contributed by atoms with Crippen molar-refractivity contribution in [2.24, 2.45) is 5.92 Å². The van der Waals surface area contributed by atoms with E-state index in [1.54, 1.807) is 28.9 Å². The summed E-state index contributed by atoms with van der Waals surface area (Å²) in [7, 11) is 0. The van der Waals surface area contributed by atoms with E-state index in [9.17, 15) is 14.0 Å². The first-order valence-electron chi connectivity index (χ1n) is 9.60. The number of nitrogens with zero attached hydrogens (tertiary/aromatic N) is 2. The van der Waals surface area contributed by atoms with E-state index in [0.717, 1.165) is 18.5 Å². The average molecular weight is 392 g/mol. The third-order valence-electron chi connectivity index (χ3n) is 4.78. The highest BCUT2D eigenvalue weighted by Gasteiger charge is 2.30. The van der Waals surface area contributed by atoms with Crippen LogP contribution in [0.1, 0.15) is 28.9 Å². The van der Waals surface area contributed by atoms with Gasteiger partial charge in [-0.3, -0.25) is 9.59 Å². The Morgan fingerprint density at radius 3 is 2.52 bits per heavy atom. The Bertz CT molecular complexity index is 1030. The van der Waals surface area contributed by atoms with Crippen molar-refractivity contribution in [3.05, 3.63) is 77.7 Å². The maximum atomic E-state index is 13.7. The standard InChI is InChI=1S/C22H21FN4O2/c23-18-9-5-4-6-15(18)12-13-24-22(29)19-14-20(25-21(28)16-10-11-16)27(26-19)17-7-2-1-3-8-17/h1-9,14,16H,10-13H2,(H,24,29)(H,25,28). The molecule has 0 unspecified atom stereocenters. The number of hydrogen-bond acceptors (Lipinski definition) is 3. The summed E-state index contributed by atoms with van der Waals surface area (Å²) >= 11 is 0. The lowest BCUT2D eigenvalue weighted by molar-refractivity contribution is -0.117. The van der Waals surface area contributed by atoms with Crippen molar-refractivity contribution in [2.75, 3.05) is 11.9 Å². The van der Waals surface area contributed by atoms with Crippen LogP contribution in [0.15, 0.2) is 60.7 Å². The molecular formula is C22H21FN4O2. The summed E-state index contributed by atoms with van der Waals surface area (Å²) < 4.78 is 15.3. The Morgan fingerprint density at radius 1 is 1.07 bits per heavy atom. The maximum absolute atomic E-state index is 13.7. The number of carbonyl (C=O) groups is 2. The molecule has 6 nitrogen and oxygen atoms in total. The third-order valence-corrected chi connectivity index (χ3v) is 4.78. The molecule has 1 aliphatic rings. The fourth-order valence-electron chi connectivity index (χ4n) is 3.02. The van der Waals surface area contributed by atoms with Crippen molar-refractivity contribution in [1.82, 2.24) is 15.1 Å². The van der Waals surface area contributed by atoms with Gasteiger partial charge in [-0.1, -0.05) is 36.4 Å². The van der Waals surface area contributed by atoms with E-state index in [-0.39, 0.29) is 35.8 Å². The van der Waals surface area contributed by atoms with Gasteiger partial charge in [0.15, 0.2) is 5.69 Å². The molecule has 1 aliphatic carbocycles. The zero-order valence-electron chi connectivity index (χ0n) is 15.8. The quantitative estimate of drug-likeness (QED) is 0.648. The van der Waals surface area contributed by atoms with Crippen LogP contribution in [0, 0.1) is 11.7 Å². The summed E-state index contributed by atoms with van der Waals surface area (Å²) in [5.74, 6) is -0.244. The number of amides is 2. The van der Waals surface area contributed by atoms with Gasteiger partial charge in [0, 0.05) is 18.5 Å². The number of anilines is 1. The average Bonchev–Trinajstić information content (AvgIpc) is 3.51. The van der Waals surface area contributed by atoms with Crippen LogP contribution in [0.5, 0.6) is 0 Å². The summed E-state index contributed by atoms with van der Waals surface area (Å²) in [6.45, 7) is 0.279. The molecule has 4 rings (SSSR count). The molecule has 29 heavy (non-hydrogen) atoms. The molecule has 1 aromatic heterocycles. The van der Waals surface area contributed by atoms with E-state index in [1.807, 2.05) is 30.3 Å². The van der Waals surface area contributed by atoms with Gasteiger partial charge in [0.25, 0.3) is 5.91 Å². The first-order valence-corrected chi connectivity index (χ1v) is 9.60. The molecule has 0 bridgehead atoms. The number of aromatic nitrogens is 2. The van der Waals surface area contributed by atoms with Crippen molar-refractivity contribution >= 4 is 17.6 Å². The lowest BCUT2D eigenvalue weighted by Gasteiger charge is -2.08. The van der Waals surface area contributed by atoms with E-state index in [4.69, 9.17) is 0 Å². The number of halogens is 1. The van der Waals surface area contributed by atoms with E-state index in [1.165, 1.54) is 6.07 Å². The molecular weight excluding hydrogens is 371 g/mol. The highest BCUT2D eigenvalue weighted by Crippen LogP contribution is 2.30. The van der Waals surface area contributed by atoms with Crippen molar-refractivity contribution < 1.29 is 14.0 Å². The minimum atomic E-state index is -0.377. The largest absolute Gasteiger partial charge is 0.350 e. The summed E-state index contributed by atoms with van der Waals surface area (Å²) in [6.07, 6.45) is 2.15. The van der Waals surface area contributed by atoms with Crippen LogP contribution in [0.25, 0.3) is 5.69 Å². The fraction of sp³-hybridized carbons (Fsp3) is 0.227. The van der Waals surface area contributed by atoms with Gasteiger partial charge in [-0.15, -0.1) is 0 Å². The van der Waals surface area contributed by atoms with Gasteiger partial charge in [0.2, 0.25) is 5.91 Å². The summed E-state index contributed by atoms with van der Waals surface area (Å²) in [6, 6.07) is 17.3. The molecule has 1 fully saturated rings. The lowest BCUT2D eigenvalue weighted by Crippen LogP contribution is -2.26. The normalized spacial score (nSPS) is 13.1. The van der Waals surface area contributed by atoms with E-state index < -0.39 is 0 Å². The van der Waals surface area contributed by atoms with E-state index >= 15 is 0 Å². The Kier molecular flexibility index (Phi) is 5.37. The highest BCUT2D eigenvalue weighted by molar-refractivity contribution is 5.97. The highest BCUT2D eigenvalue weighted by atomic mass is 19.1. The zero-order chi connectivity index (χ0) is 20.2. The van der Waals surface area contributed by atoms with Crippen LogP contribution in [-0.2, 0) is 11.2 Å². The molecule has 0 saturated heterocycles. The van der Waals surface area contributed by atoms with Crippen molar-refractivity contribution in [3.8, 4) is 5.69 Å². The minimum Gasteiger partial charge on any atom is -0.350 e. The number of nitrogens with one attached hydrogen (secondary N) is 2. The molecule has 0 spiro atoms. The van der Waals surface area contributed by atoms with Gasteiger partial charge in [0.1, 0.15) is 11.6 Å². The van der Waals surface area contributed by atoms with Crippen LogP contribution >= 0.6 is 0 Å². The number of hydrogen-bond donors (Lipinski definition) is 2. The topological polar surface area (TPSA) is 76.0 Å². The monoisotopic (exact) mass is 392 g/mol. The van der Waals surface area contributed by atoms with Crippen molar-refractivity contribution in [2.45, 2.75) is 19.3 Å². The second-order valence-corrected chi connectivity index (χ2v) is 7.02. The summed E-state index contributed by atoms with van der Waals surface area (Å²) in [5.41, 5.74) is 1.47. The van der Waals surface area contributed by atoms with Gasteiger partial charge < -0.3 is 10.6 Å². The molecule has 2 amide bonds. The third kappa shape index (κ3) is 4.51. The molecule has 2 N–H and O–H groups in total. The Balaban J connectivity index is 1.49. The zero-order valence-corrected chi connectivity index (χ0v) is 15.8. The molecule has 0 radical (unpaired) electrons. The van der Waals surface area contributed by atoms with Gasteiger partial charge in [-0.05, 0) is 43.0 Å². The van der Waals surface area contributed by atoms with Crippen molar-refractivity contribution in [3.63, 3.8) is 0 Å². The summed E-state index contributed by atoms with van der Waals surface area (Å²) in [5, 5.41) is 10.0. The first-order chi connectivity index (χ1) is 14.1. The lowest BCUT2D eigenvalue weighted by atomic mass is 10.1. The van der Waals surface area contributed by atoms with Crippen LogP contribution in [-0.4, -0.2) is 28.1 Å². The predicted octanol–water partition coefficient (Wildman–Crippen LogP) is 3.33. The fourth-order valence-corrected chi connectivity index (χ4v) is 3.02. The predicted molar refractivity (Wildman–Crippen MR) is 107 cm³/mol. The molecule has 0 aliphatic heterocycles. The summed E-state index contributed by atoms with van der Waals surface area (Å²) in [4.78, 5) is 24.8. The van der Waals surface area contributed by atoms with Gasteiger partial charge in [-0.2, -0.15) is 5.10 Å². The SMILES string of the molecule is O=C(NCCc1ccccc1F)c1cc(NC(=O)C2CC2)n(-c2ccccc2)n1. The molecule has 148 valence electrons. The first kappa shape index (κ1) is 18.9. The van der Waals surface area contributed by atoms with E-state index in [0.29, 0.717) is 17.8 Å². The van der Waals surface area contributed by atoms with Crippen LogP contribution < -0.4 is 10.6 Å². The Morgan fingerprint density at radius 2 is 1.79 bits per heavy atom. The maximum Gasteiger partial charge on any atom is 0.271 e. The Hall–Kier alpha value is -3.48. The minimum absolute atomic E-state index is 0.0344. The second kappa shape index (κ2) is 8.26. The van der Waals surface area contributed by atoms with Gasteiger partial charge >= 0.3 is 0 Å². The van der Waals surface area contributed by atoms with Gasteiger partial charge in [-0.25, -0.2) is 9.07 Å². The number of para-hydroxylation sites is 1. The smallest absolute Gasteiger partial charge is 0.271 e. The second-order valence-electron chi connectivity index (χ2n) is 7.02. The number of carbonyl (C=O) groups excluding carboxylic acids is 2. The molecule has 3 aromatic rings. The molecule has 7 heteroatoms. The number of benzene rings is 2. The number of rotatable bonds is 7. The van der Waals surface area contributed by atoms with Crippen LogP contribution in [0.3, 0.4) is 0 Å². The van der Waals surface area contributed by atoms with Crippen LogP contribution in [0.4, 0.5) is 10.2 Å². The Labute approximate surface area is 167 Å². The van der Waals surface area contributed by atoms with Crippen LogP contribution in [0.2, 0.25) is 0 Å².